The fourth-order valence-electron chi connectivity index (χ4n) is 2.50. The largest absolute Gasteiger partial charge is 0.359 e. The van der Waals surface area contributed by atoms with Gasteiger partial charge in [-0.2, -0.15) is 0 Å². The van der Waals surface area contributed by atoms with Crippen molar-refractivity contribution in [3.63, 3.8) is 0 Å². The zero-order valence-corrected chi connectivity index (χ0v) is 14.5. The number of hydroxylamine groups is 1. The molecule has 0 aromatic heterocycles. The maximum atomic E-state index is 12.6. The summed E-state index contributed by atoms with van der Waals surface area (Å²) in [6.07, 6.45) is 0.592. The Morgan fingerprint density at radius 1 is 1.09 bits per heavy atom. The first-order valence-electron chi connectivity index (χ1n) is 7.70. The van der Waals surface area contributed by atoms with Crippen molar-refractivity contribution < 1.29 is 19.6 Å². The molecular weight excluding hydrogens is 284 g/mol. The molecule has 0 spiro atoms. The Balaban J connectivity index is 5.11. The van der Waals surface area contributed by atoms with Gasteiger partial charge in [0, 0.05) is 31.7 Å². The molecule has 0 saturated carbocycles. The molecule has 0 aromatic carbocycles. The van der Waals surface area contributed by atoms with E-state index in [1.807, 2.05) is 34.6 Å². The third kappa shape index (κ3) is 7.02. The van der Waals surface area contributed by atoms with Crippen LogP contribution in [0.25, 0.3) is 0 Å². The van der Waals surface area contributed by atoms with Crippen LogP contribution >= 0.6 is 0 Å². The SMILES string of the molecule is CNC(=O)[C@@H](CC(=O)[C@@H](CC(=O)NO)CC(C)C)C(C)(C)C. The Morgan fingerprint density at radius 2 is 1.64 bits per heavy atom. The standard InChI is InChI=1S/C16H30N2O4/c1-10(2)7-11(8-14(20)18-22)13(19)9-12(15(21)17-6)16(3,4)5/h10-12,22H,7-9H2,1-6H3,(H,17,21)(H,18,20)/t11-,12-/m1/s1. The maximum absolute atomic E-state index is 12.6. The second-order valence-corrected chi connectivity index (χ2v) is 7.27. The Bertz CT molecular complexity index is 399. The van der Waals surface area contributed by atoms with E-state index in [2.05, 4.69) is 5.32 Å². The van der Waals surface area contributed by atoms with Crippen LogP contribution in [0, 0.1) is 23.2 Å². The Labute approximate surface area is 133 Å². The van der Waals surface area contributed by atoms with Gasteiger partial charge in [-0.15, -0.1) is 0 Å². The number of hydrogen-bond donors (Lipinski definition) is 3. The minimum absolute atomic E-state index is 0.0574. The van der Waals surface area contributed by atoms with Gasteiger partial charge >= 0.3 is 0 Å². The molecule has 6 heteroatoms. The summed E-state index contributed by atoms with van der Waals surface area (Å²) in [6.45, 7) is 9.68. The van der Waals surface area contributed by atoms with Crippen molar-refractivity contribution >= 4 is 17.6 Å². The third-order valence-electron chi connectivity index (χ3n) is 3.78. The molecule has 0 saturated heterocycles. The highest BCUT2D eigenvalue weighted by Crippen LogP contribution is 2.31. The van der Waals surface area contributed by atoms with E-state index in [-0.39, 0.29) is 35.9 Å². The van der Waals surface area contributed by atoms with Crippen molar-refractivity contribution in [2.75, 3.05) is 7.05 Å². The molecule has 0 aliphatic heterocycles. The van der Waals surface area contributed by atoms with Gasteiger partial charge in [-0.1, -0.05) is 34.6 Å². The van der Waals surface area contributed by atoms with Crippen LogP contribution in [0.15, 0.2) is 0 Å². The molecule has 0 fully saturated rings. The summed E-state index contributed by atoms with van der Waals surface area (Å²) < 4.78 is 0. The second-order valence-electron chi connectivity index (χ2n) is 7.27. The van der Waals surface area contributed by atoms with Gasteiger partial charge in [-0.05, 0) is 17.8 Å². The van der Waals surface area contributed by atoms with E-state index in [9.17, 15) is 14.4 Å². The van der Waals surface area contributed by atoms with Gasteiger partial charge < -0.3 is 5.32 Å². The Hall–Kier alpha value is -1.43. The number of rotatable bonds is 8. The molecule has 0 aliphatic rings. The summed E-state index contributed by atoms with van der Waals surface area (Å²) >= 11 is 0. The van der Waals surface area contributed by atoms with Crippen LogP contribution in [0.4, 0.5) is 0 Å². The maximum Gasteiger partial charge on any atom is 0.244 e. The van der Waals surface area contributed by atoms with Crippen molar-refractivity contribution in [1.29, 1.82) is 0 Å². The lowest BCUT2D eigenvalue weighted by molar-refractivity contribution is -0.137. The molecule has 0 rings (SSSR count). The normalized spacial score (nSPS) is 14.4. The second kappa shape index (κ2) is 8.88. The summed E-state index contributed by atoms with van der Waals surface area (Å²) in [4.78, 5) is 36.0. The number of nitrogens with one attached hydrogen (secondary N) is 2. The summed E-state index contributed by atoms with van der Waals surface area (Å²) in [5, 5.41) is 11.3. The van der Waals surface area contributed by atoms with Gasteiger partial charge in [0.2, 0.25) is 11.8 Å². The van der Waals surface area contributed by atoms with E-state index in [0.29, 0.717) is 6.42 Å². The molecular formula is C16H30N2O4. The highest BCUT2D eigenvalue weighted by Gasteiger charge is 2.35. The summed E-state index contributed by atoms with van der Waals surface area (Å²) in [7, 11) is 1.55. The first kappa shape index (κ1) is 20.6. The van der Waals surface area contributed by atoms with Crippen LogP contribution in [0.3, 0.4) is 0 Å². The van der Waals surface area contributed by atoms with E-state index in [4.69, 9.17) is 5.21 Å². The molecule has 0 radical (unpaired) electrons. The highest BCUT2D eigenvalue weighted by atomic mass is 16.5. The van der Waals surface area contributed by atoms with Crippen LogP contribution < -0.4 is 10.8 Å². The lowest BCUT2D eigenvalue weighted by atomic mass is 9.75. The average Bonchev–Trinajstić information content (AvgIpc) is 2.40. The predicted octanol–water partition coefficient (Wildman–Crippen LogP) is 1.91. The first-order chi connectivity index (χ1) is 10.0. The molecule has 0 unspecified atom stereocenters. The molecule has 3 N–H and O–H groups in total. The molecule has 2 amide bonds. The first-order valence-corrected chi connectivity index (χ1v) is 7.70. The molecule has 0 aromatic rings. The fourth-order valence-corrected chi connectivity index (χ4v) is 2.50. The third-order valence-corrected chi connectivity index (χ3v) is 3.78. The molecule has 6 nitrogen and oxygen atoms in total. The number of Topliss-reactive ketones (excluding diaryl/α,β-unsaturated/α-hetero) is 1. The van der Waals surface area contributed by atoms with E-state index in [0.717, 1.165) is 0 Å². The van der Waals surface area contributed by atoms with Crippen molar-refractivity contribution in [2.45, 2.75) is 53.9 Å². The predicted molar refractivity (Wildman–Crippen MR) is 84.1 cm³/mol. The molecule has 128 valence electrons. The Kier molecular flexibility index (Phi) is 8.30. The van der Waals surface area contributed by atoms with Crippen molar-refractivity contribution in [3.8, 4) is 0 Å². The molecule has 0 heterocycles. The number of carbonyl (C=O) groups is 3. The molecule has 2 atom stereocenters. The number of hydrogen-bond acceptors (Lipinski definition) is 4. The van der Waals surface area contributed by atoms with Crippen LogP contribution in [0.5, 0.6) is 0 Å². The van der Waals surface area contributed by atoms with Gasteiger partial charge in [0.1, 0.15) is 5.78 Å². The van der Waals surface area contributed by atoms with Gasteiger partial charge in [0.05, 0.1) is 0 Å². The highest BCUT2D eigenvalue weighted by molar-refractivity contribution is 5.90. The quantitative estimate of drug-likeness (QED) is 0.471. The van der Waals surface area contributed by atoms with Crippen molar-refractivity contribution in [2.24, 2.45) is 23.2 Å². The topological polar surface area (TPSA) is 95.5 Å². The van der Waals surface area contributed by atoms with E-state index < -0.39 is 17.7 Å². The van der Waals surface area contributed by atoms with Gasteiger partial charge in [-0.25, -0.2) is 5.48 Å². The summed E-state index contributed by atoms with van der Waals surface area (Å²) in [5.41, 5.74) is 1.22. The average molecular weight is 314 g/mol. The number of carbonyl (C=O) groups excluding carboxylic acids is 3. The van der Waals surface area contributed by atoms with Gasteiger partial charge in [0.15, 0.2) is 0 Å². The fraction of sp³-hybridized carbons (Fsp3) is 0.812. The summed E-state index contributed by atoms with van der Waals surface area (Å²) in [5.74, 6) is -1.55. The Morgan fingerprint density at radius 3 is 2.00 bits per heavy atom. The van der Waals surface area contributed by atoms with E-state index in [1.54, 1.807) is 12.5 Å². The summed E-state index contributed by atoms with van der Waals surface area (Å²) in [6, 6.07) is 0. The smallest absolute Gasteiger partial charge is 0.244 e. The minimum atomic E-state index is -0.578. The van der Waals surface area contributed by atoms with Crippen LogP contribution in [0.1, 0.15) is 53.9 Å². The van der Waals surface area contributed by atoms with Crippen molar-refractivity contribution in [1.82, 2.24) is 10.8 Å². The van der Waals surface area contributed by atoms with E-state index >= 15 is 0 Å². The van der Waals surface area contributed by atoms with Crippen LogP contribution in [0.2, 0.25) is 0 Å². The zero-order chi connectivity index (χ0) is 17.5. The molecule has 0 aliphatic carbocycles. The molecule has 22 heavy (non-hydrogen) atoms. The van der Waals surface area contributed by atoms with Crippen LogP contribution in [-0.4, -0.2) is 29.9 Å². The lowest BCUT2D eigenvalue weighted by Gasteiger charge is -2.30. The van der Waals surface area contributed by atoms with Crippen molar-refractivity contribution in [3.05, 3.63) is 0 Å². The molecule has 0 bridgehead atoms. The number of amides is 2. The van der Waals surface area contributed by atoms with Gasteiger partial charge in [-0.3, -0.25) is 19.6 Å². The monoisotopic (exact) mass is 314 g/mol. The van der Waals surface area contributed by atoms with E-state index in [1.165, 1.54) is 0 Å². The van der Waals surface area contributed by atoms with Crippen LogP contribution in [-0.2, 0) is 14.4 Å². The lowest BCUT2D eigenvalue weighted by Crippen LogP contribution is -2.39. The van der Waals surface area contributed by atoms with Gasteiger partial charge in [0.25, 0.3) is 0 Å². The minimum Gasteiger partial charge on any atom is -0.359 e. The zero-order valence-electron chi connectivity index (χ0n) is 14.5. The number of ketones is 1.